The molecule has 35 heavy (non-hydrogen) atoms. The van der Waals surface area contributed by atoms with E-state index in [4.69, 9.17) is 16.3 Å². The Morgan fingerprint density at radius 1 is 0.857 bits per heavy atom. The SMILES string of the molecule is O=C(c1ccc(COc2c(F)c(F)cc(F)c2F)cc1)N1CCN(Cc2c(F)cccc2Cl)CC1. The van der Waals surface area contributed by atoms with Crippen LogP contribution in [0.3, 0.4) is 0 Å². The maximum atomic E-state index is 14.0. The molecule has 0 spiro atoms. The number of hydrogen-bond acceptors (Lipinski definition) is 3. The molecule has 0 N–H and O–H groups in total. The second-order valence-corrected chi connectivity index (χ2v) is 8.46. The van der Waals surface area contributed by atoms with Crippen molar-refractivity contribution in [1.82, 2.24) is 9.80 Å². The molecule has 1 aliphatic heterocycles. The third-order valence-electron chi connectivity index (χ3n) is 5.76. The summed E-state index contributed by atoms with van der Waals surface area (Å²) in [5.41, 5.74) is 1.26. The molecule has 1 fully saturated rings. The highest BCUT2D eigenvalue weighted by molar-refractivity contribution is 6.31. The maximum absolute atomic E-state index is 14.0. The Morgan fingerprint density at radius 2 is 1.49 bits per heavy atom. The molecule has 0 atom stereocenters. The summed E-state index contributed by atoms with van der Waals surface area (Å²) in [4.78, 5) is 16.5. The normalized spacial score (nSPS) is 14.3. The van der Waals surface area contributed by atoms with Gasteiger partial charge in [0.15, 0.2) is 17.4 Å². The largest absolute Gasteiger partial charge is 0.483 e. The predicted molar refractivity (Wildman–Crippen MR) is 120 cm³/mol. The first-order valence-electron chi connectivity index (χ1n) is 10.7. The second kappa shape index (κ2) is 10.6. The zero-order valence-electron chi connectivity index (χ0n) is 18.3. The molecule has 0 aliphatic carbocycles. The number of amides is 1. The van der Waals surface area contributed by atoms with Gasteiger partial charge < -0.3 is 9.64 Å². The van der Waals surface area contributed by atoms with Crippen LogP contribution in [0.2, 0.25) is 5.02 Å². The van der Waals surface area contributed by atoms with Gasteiger partial charge in [0.05, 0.1) is 0 Å². The molecular weight excluding hydrogens is 491 g/mol. The van der Waals surface area contributed by atoms with Crippen LogP contribution in [0.15, 0.2) is 48.5 Å². The summed E-state index contributed by atoms with van der Waals surface area (Å²) in [6.45, 7) is 1.97. The van der Waals surface area contributed by atoms with Gasteiger partial charge in [-0.15, -0.1) is 0 Å². The number of hydrogen-bond donors (Lipinski definition) is 0. The monoisotopic (exact) mass is 510 g/mol. The molecular formula is C25H20ClF5N2O2. The molecule has 1 heterocycles. The van der Waals surface area contributed by atoms with Gasteiger partial charge in [-0.2, -0.15) is 8.78 Å². The zero-order valence-corrected chi connectivity index (χ0v) is 19.1. The second-order valence-electron chi connectivity index (χ2n) is 8.05. The molecule has 0 saturated carbocycles. The van der Waals surface area contributed by atoms with Crippen molar-refractivity contribution < 1.29 is 31.5 Å². The summed E-state index contributed by atoms with van der Waals surface area (Å²) in [6.07, 6.45) is 0. The Morgan fingerprint density at radius 3 is 2.09 bits per heavy atom. The van der Waals surface area contributed by atoms with E-state index in [0.717, 1.165) is 0 Å². The number of halogens is 6. The molecule has 10 heteroatoms. The molecule has 4 rings (SSSR count). The molecule has 0 radical (unpaired) electrons. The Labute approximate surface area is 203 Å². The fourth-order valence-electron chi connectivity index (χ4n) is 3.78. The fraction of sp³-hybridized carbons (Fsp3) is 0.240. The Bertz CT molecular complexity index is 1190. The van der Waals surface area contributed by atoms with Gasteiger partial charge in [0.2, 0.25) is 11.6 Å². The van der Waals surface area contributed by atoms with Crippen LogP contribution in [0.1, 0.15) is 21.5 Å². The molecule has 0 bridgehead atoms. The lowest BCUT2D eigenvalue weighted by atomic mass is 10.1. The van der Waals surface area contributed by atoms with Gasteiger partial charge in [0, 0.05) is 54.9 Å². The van der Waals surface area contributed by atoms with Crippen molar-refractivity contribution in [3.05, 3.63) is 99.3 Å². The summed E-state index contributed by atoms with van der Waals surface area (Å²) in [5.74, 6) is -8.07. The van der Waals surface area contributed by atoms with Gasteiger partial charge in [-0.25, -0.2) is 13.2 Å². The van der Waals surface area contributed by atoms with E-state index < -0.39 is 29.0 Å². The fourth-order valence-corrected chi connectivity index (χ4v) is 4.00. The van der Waals surface area contributed by atoms with E-state index in [-0.39, 0.29) is 24.4 Å². The van der Waals surface area contributed by atoms with Crippen molar-refractivity contribution in [3.63, 3.8) is 0 Å². The zero-order chi connectivity index (χ0) is 25.1. The molecule has 0 unspecified atom stereocenters. The highest BCUT2D eigenvalue weighted by Crippen LogP contribution is 2.27. The van der Waals surface area contributed by atoms with E-state index in [1.165, 1.54) is 30.3 Å². The van der Waals surface area contributed by atoms with Crippen molar-refractivity contribution in [2.75, 3.05) is 26.2 Å². The minimum atomic E-state index is -1.62. The lowest BCUT2D eigenvalue weighted by Gasteiger charge is -2.35. The van der Waals surface area contributed by atoms with E-state index in [9.17, 15) is 26.7 Å². The number of benzene rings is 3. The molecule has 3 aromatic carbocycles. The van der Waals surface area contributed by atoms with Crippen molar-refractivity contribution in [1.29, 1.82) is 0 Å². The summed E-state index contributed by atoms with van der Waals surface area (Å²) in [7, 11) is 0. The van der Waals surface area contributed by atoms with E-state index in [0.29, 0.717) is 54.4 Å². The summed E-state index contributed by atoms with van der Waals surface area (Å²) in [6, 6.07) is 10.8. The van der Waals surface area contributed by atoms with Gasteiger partial charge in [-0.05, 0) is 29.8 Å². The third-order valence-corrected chi connectivity index (χ3v) is 6.11. The van der Waals surface area contributed by atoms with Crippen molar-refractivity contribution in [2.45, 2.75) is 13.2 Å². The molecule has 1 aliphatic rings. The van der Waals surface area contributed by atoms with Gasteiger partial charge in [-0.1, -0.05) is 29.8 Å². The van der Waals surface area contributed by atoms with Crippen LogP contribution < -0.4 is 4.74 Å². The van der Waals surface area contributed by atoms with Crippen molar-refractivity contribution in [3.8, 4) is 5.75 Å². The Kier molecular flexibility index (Phi) is 7.57. The van der Waals surface area contributed by atoms with Crippen molar-refractivity contribution >= 4 is 17.5 Å². The van der Waals surface area contributed by atoms with Gasteiger partial charge in [0.25, 0.3) is 5.91 Å². The molecule has 1 saturated heterocycles. The number of carbonyl (C=O) groups excluding carboxylic acids is 1. The maximum Gasteiger partial charge on any atom is 0.253 e. The van der Waals surface area contributed by atoms with Gasteiger partial charge in [0.1, 0.15) is 12.4 Å². The third kappa shape index (κ3) is 5.57. The first-order valence-corrected chi connectivity index (χ1v) is 11.1. The molecule has 4 nitrogen and oxygen atoms in total. The van der Waals surface area contributed by atoms with E-state index >= 15 is 0 Å². The smallest absolute Gasteiger partial charge is 0.253 e. The average Bonchev–Trinajstić information content (AvgIpc) is 2.85. The van der Waals surface area contributed by atoms with Gasteiger partial charge in [-0.3, -0.25) is 9.69 Å². The quantitative estimate of drug-likeness (QED) is 0.321. The lowest BCUT2D eigenvalue weighted by molar-refractivity contribution is 0.0627. The molecule has 3 aromatic rings. The van der Waals surface area contributed by atoms with E-state index in [1.807, 2.05) is 4.90 Å². The van der Waals surface area contributed by atoms with Crippen LogP contribution in [0.5, 0.6) is 5.75 Å². The van der Waals surface area contributed by atoms with E-state index in [1.54, 1.807) is 17.0 Å². The van der Waals surface area contributed by atoms with E-state index in [2.05, 4.69) is 0 Å². The molecule has 1 amide bonds. The van der Waals surface area contributed by atoms with Crippen LogP contribution in [-0.2, 0) is 13.2 Å². The van der Waals surface area contributed by atoms with Crippen LogP contribution >= 0.6 is 11.6 Å². The predicted octanol–water partition coefficient (Wildman–Crippen LogP) is 5.57. The summed E-state index contributed by atoms with van der Waals surface area (Å²) < 4.78 is 73.0. The first-order chi connectivity index (χ1) is 16.7. The van der Waals surface area contributed by atoms with Crippen LogP contribution in [-0.4, -0.2) is 41.9 Å². The highest BCUT2D eigenvalue weighted by Gasteiger charge is 2.24. The molecule has 0 aromatic heterocycles. The van der Waals surface area contributed by atoms with Crippen LogP contribution in [0.4, 0.5) is 22.0 Å². The lowest BCUT2D eigenvalue weighted by Crippen LogP contribution is -2.48. The highest BCUT2D eigenvalue weighted by atomic mass is 35.5. The number of rotatable bonds is 6. The minimum absolute atomic E-state index is 0.104. The minimum Gasteiger partial charge on any atom is -0.483 e. The number of ether oxygens (including phenoxy) is 1. The number of nitrogens with zero attached hydrogens (tertiary/aromatic N) is 2. The Hall–Kier alpha value is -3.17. The number of carbonyl (C=O) groups is 1. The Balaban J connectivity index is 1.33. The standard InChI is InChI=1S/C25H20ClF5N2O2/c26-18-2-1-3-19(27)17(18)13-32-8-10-33(11-9-32)25(34)16-6-4-15(5-7-16)14-35-24-22(30)20(28)12-21(29)23(24)31/h1-7,12H,8-11,13-14H2. The number of piperazine rings is 1. The summed E-state index contributed by atoms with van der Waals surface area (Å²) in [5, 5.41) is 0.362. The van der Waals surface area contributed by atoms with Crippen LogP contribution in [0, 0.1) is 29.1 Å². The average molecular weight is 511 g/mol. The topological polar surface area (TPSA) is 32.8 Å². The first kappa shape index (κ1) is 24.9. The van der Waals surface area contributed by atoms with Crippen molar-refractivity contribution in [2.24, 2.45) is 0 Å². The summed E-state index contributed by atoms with van der Waals surface area (Å²) >= 11 is 6.10. The molecule has 184 valence electrons. The van der Waals surface area contributed by atoms with Gasteiger partial charge >= 0.3 is 0 Å². The van der Waals surface area contributed by atoms with Crippen LogP contribution in [0.25, 0.3) is 0 Å².